The minimum atomic E-state index is -0.273. The molecule has 1 atom stereocenters. The van der Waals surface area contributed by atoms with Crippen molar-refractivity contribution in [2.24, 2.45) is 0 Å². The van der Waals surface area contributed by atoms with Crippen molar-refractivity contribution >= 4 is 32.9 Å². The number of benzene rings is 2. The smallest absolute Gasteiger partial charge is 0.252 e. The number of amides is 1. The highest BCUT2D eigenvalue weighted by Crippen LogP contribution is 2.36. The number of imidazole rings is 1. The molecule has 27 heavy (non-hydrogen) atoms. The normalized spacial score (nSPS) is 12.0. The monoisotopic (exact) mass is 431 g/mol. The van der Waals surface area contributed by atoms with E-state index in [2.05, 4.69) is 31.2 Å². The molecule has 0 radical (unpaired) electrons. The first-order chi connectivity index (χ1) is 13.0. The zero-order chi connectivity index (χ0) is 19.4. The van der Waals surface area contributed by atoms with Crippen LogP contribution in [-0.2, 0) is 0 Å². The summed E-state index contributed by atoms with van der Waals surface area (Å²) in [5.41, 5.74) is 2.29. The zero-order valence-electron chi connectivity index (χ0n) is 15.5. The molecule has 0 aliphatic carbocycles. The number of H-pyrrole nitrogens is 1. The highest BCUT2D eigenvalue weighted by Gasteiger charge is 2.19. The molecule has 1 unspecified atom stereocenters. The molecule has 7 heteroatoms. The predicted molar refractivity (Wildman–Crippen MR) is 108 cm³/mol. The molecule has 0 aliphatic heterocycles. The fourth-order valence-electron chi connectivity index (χ4n) is 2.72. The molecule has 1 amide bonds. The summed E-state index contributed by atoms with van der Waals surface area (Å²) >= 11 is 3.47. The van der Waals surface area contributed by atoms with Crippen LogP contribution in [0.15, 0.2) is 40.9 Å². The Morgan fingerprint density at radius 2 is 2.11 bits per heavy atom. The van der Waals surface area contributed by atoms with Gasteiger partial charge >= 0.3 is 0 Å². The first kappa shape index (κ1) is 19.2. The summed E-state index contributed by atoms with van der Waals surface area (Å²) in [6.07, 6.45) is 0.882. The van der Waals surface area contributed by atoms with Gasteiger partial charge in [0.05, 0.1) is 35.3 Å². The molecule has 0 bridgehead atoms. The molecule has 3 aromatic rings. The van der Waals surface area contributed by atoms with Crippen molar-refractivity contribution in [1.82, 2.24) is 15.3 Å². The molecule has 2 aromatic carbocycles. The third-order valence-corrected chi connectivity index (χ3v) is 4.70. The van der Waals surface area contributed by atoms with E-state index >= 15 is 0 Å². The Hall–Kier alpha value is -2.54. The Balaban J connectivity index is 1.79. The van der Waals surface area contributed by atoms with Crippen molar-refractivity contribution in [2.45, 2.75) is 26.3 Å². The number of carbonyl (C=O) groups excluding carboxylic acids is 1. The van der Waals surface area contributed by atoms with Crippen molar-refractivity contribution in [3.05, 3.63) is 52.3 Å². The Morgan fingerprint density at radius 1 is 1.33 bits per heavy atom. The number of methoxy groups -OCH3 is 1. The van der Waals surface area contributed by atoms with Gasteiger partial charge in [0.2, 0.25) is 0 Å². The summed E-state index contributed by atoms with van der Waals surface area (Å²) in [5, 5.41) is 2.96. The summed E-state index contributed by atoms with van der Waals surface area (Å²) in [4.78, 5) is 20.5. The van der Waals surface area contributed by atoms with Crippen LogP contribution >= 0.6 is 15.9 Å². The summed E-state index contributed by atoms with van der Waals surface area (Å²) in [6.45, 7) is 4.49. The molecule has 1 heterocycles. The first-order valence-corrected chi connectivity index (χ1v) is 9.58. The van der Waals surface area contributed by atoms with E-state index in [0.717, 1.165) is 17.5 Å². The van der Waals surface area contributed by atoms with Crippen molar-refractivity contribution in [2.75, 3.05) is 13.7 Å². The fourth-order valence-corrected chi connectivity index (χ4v) is 3.28. The van der Waals surface area contributed by atoms with Gasteiger partial charge in [-0.05, 0) is 53.5 Å². The van der Waals surface area contributed by atoms with E-state index in [1.54, 1.807) is 19.2 Å². The van der Waals surface area contributed by atoms with E-state index in [9.17, 15) is 4.79 Å². The van der Waals surface area contributed by atoms with Gasteiger partial charge in [0.1, 0.15) is 5.82 Å². The number of fused-ring (bicyclic) bond motifs is 1. The van der Waals surface area contributed by atoms with Gasteiger partial charge in [-0.2, -0.15) is 0 Å². The Morgan fingerprint density at radius 3 is 2.81 bits per heavy atom. The van der Waals surface area contributed by atoms with Gasteiger partial charge in [-0.25, -0.2) is 4.98 Å². The van der Waals surface area contributed by atoms with Crippen LogP contribution < -0.4 is 14.8 Å². The molecule has 0 aliphatic rings. The highest BCUT2D eigenvalue weighted by atomic mass is 79.9. The van der Waals surface area contributed by atoms with E-state index in [-0.39, 0.29) is 11.9 Å². The van der Waals surface area contributed by atoms with Gasteiger partial charge in [0.15, 0.2) is 11.5 Å². The first-order valence-electron chi connectivity index (χ1n) is 8.79. The molecule has 0 spiro atoms. The van der Waals surface area contributed by atoms with Crippen LogP contribution in [0.3, 0.4) is 0 Å². The third kappa shape index (κ3) is 4.24. The Labute approximate surface area is 166 Å². The maximum atomic E-state index is 12.7. The summed E-state index contributed by atoms with van der Waals surface area (Å²) < 4.78 is 11.8. The SMILES string of the molecule is CCCOc1c(Br)cc(C(=O)NC(C)c2nc3ccccc3[nH]2)cc1OC. The number of aromatic nitrogens is 2. The van der Waals surface area contributed by atoms with Crippen molar-refractivity contribution in [1.29, 1.82) is 0 Å². The summed E-state index contributed by atoms with van der Waals surface area (Å²) in [6, 6.07) is 10.9. The maximum absolute atomic E-state index is 12.7. The van der Waals surface area contributed by atoms with Crippen LogP contribution in [0.4, 0.5) is 0 Å². The number of aromatic amines is 1. The summed E-state index contributed by atoms with van der Waals surface area (Å²) in [7, 11) is 1.55. The minimum absolute atomic E-state index is 0.219. The van der Waals surface area contributed by atoms with Crippen molar-refractivity contribution in [3.8, 4) is 11.5 Å². The number of hydrogen-bond acceptors (Lipinski definition) is 4. The minimum Gasteiger partial charge on any atom is -0.493 e. The lowest BCUT2D eigenvalue weighted by molar-refractivity contribution is 0.0938. The number of rotatable bonds is 7. The second-order valence-corrected chi connectivity index (χ2v) is 7.03. The second-order valence-electron chi connectivity index (χ2n) is 6.17. The van der Waals surface area contributed by atoms with Gasteiger partial charge in [-0.1, -0.05) is 19.1 Å². The molecule has 0 fully saturated rings. The summed E-state index contributed by atoms with van der Waals surface area (Å²) in [5.74, 6) is 1.60. The van der Waals surface area contributed by atoms with Crippen molar-refractivity contribution in [3.63, 3.8) is 0 Å². The number of para-hydroxylation sites is 2. The lowest BCUT2D eigenvalue weighted by Gasteiger charge is -2.15. The van der Waals surface area contributed by atoms with Gasteiger partial charge in [-0.15, -0.1) is 0 Å². The lowest BCUT2D eigenvalue weighted by Crippen LogP contribution is -2.27. The lowest BCUT2D eigenvalue weighted by atomic mass is 10.1. The van der Waals surface area contributed by atoms with Gasteiger partial charge in [-0.3, -0.25) is 4.79 Å². The Bertz CT molecular complexity index is 922. The highest BCUT2D eigenvalue weighted by molar-refractivity contribution is 9.10. The van der Waals surface area contributed by atoms with Crippen LogP contribution in [0.1, 0.15) is 42.5 Å². The van der Waals surface area contributed by atoms with Gasteiger partial charge < -0.3 is 19.8 Å². The number of ether oxygens (including phenoxy) is 2. The average molecular weight is 432 g/mol. The van der Waals surface area contributed by atoms with E-state index in [1.165, 1.54) is 0 Å². The predicted octanol–water partition coefficient (Wildman–Crippen LogP) is 4.61. The Kier molecular flexibility index (Phi) is 6.01. The number of halogens is 1. The average Bonchev–Trinajstić information content (AvgIpc) is 3.10. The van der Waals surface area contributed by atoms with E-state index in [4.69, 9.17) is 9.47 Å². The molecular formula is C20H22BrN3O3. The zero-order valence-corrected chi connectivity index (χ0v) is 17.1. The maximum Gasteiger partial charge on any atom is 0.252 e. The van der Waals surface area contributed by atoms with E-state index < -0.39 is 0 Å². The van der Waals surface area contributed by atoms with Gasteiger partial charge in [0.25, 0.3) is 5.91 Å². The van der Waals surface area contributed by atoms with Crippen LogP contribution in [-0.4, -0.2) is 29.6 Å². The molecule has 142 valence electrons. The number of nitrogens with one attached hydrogen (secondary N) is 2. The molecule has 6 nitrogen and oxygen atoms in total. The third-order valence-electron chi connectivity index (χ3n) is 4.11. The molecule has 0 saturated heterocycles. The standard InChI is InChI=1S/C20H22BrN3O3/c1-4-9-27-18-14(21)10-13(11-17(18)26-3)20(25)22-12(2)19-23-15-7-5-6-8-16(15)24-19/h5-8,10-12H,4,9H2,1-3H3,(H,22,25)(H,23,24). The molecule has 0 saturated carbocycles. The van der Waals surface area contributed by atoms with Crippen molar-refractivity contribution < 1.29 is 14.3 Å². The van der Waals surface area contributed by atoms with E-state index in [0.29, 0.717) is 34.0 Å². The second kappa shape index (κ2) is 8.43. The van der Waals surface area contributed by atoms with Gasteiger partial charge in [0, 0.05) is 5.56 Å². The van der Waals surface area contributed by atoms with E-state index in [1.807, 2.05) is 38.1 Å². The molecule has 3 rings (SSSR count). The molecule has 1 aromatic heterocycles. The molecular weight excluding hydrogens is 410 g/mol. The largest absolute Gasteiger partial charge is 0.493 e. The van der Waals surface area contributed by atoms with Crippen LogP contribution in [0.5, 0.6) is 11.5 Å². The number of hydrogen-bond donors (Lipinski definition) is 2. The number of nitrogens with zero attached hydrogens (tertiary/aromatic N) is 1. The van der Waals surface area contributed by atoms with Crippen LogP contribution in [0.2, 0.25) is 0 Å². The number of carbonyl (C=O) groups is 1. The van der Waals surface area contributed by atoms with Crippen LogP contribution in [0, 0.1) is 0 Å². The van der Waals surface area contributed by atoms with Crippen LogP contribution in [0.25, 0.3) is 11.0 Å². The quantitative estimate of drug-likeness (QED) is 0.572. The molecule has 2 N–H and O–H groups in total. The fraction of sp³-hybridized carbons (Fsp3) is 0.300. The topological polar surface area (TPSA) is 76.2 Å².